The summed E-state index contributed by atoms with van der Waals surface area (Å²) in [5.74, 6) is 0.823. The van der Waals surface area contributed by atoms with Crippen LogP contribution in [0.1, 0.15) is 89.5 Å². The molecule has 0 aromatic heterocycles. The van der Waals surface area contributed by atoms with Gasteiger partial charge in [-0.2, -0.15) is 0 Å². The van der Waals surface area contributed by atoms with E-state index in [0.29, 0.717) is 11.8 Å². The number of hydrogen-bond donors (Lipinski definition) is 0. The lowest BCUT2D eigenvalue weighted by atomic mass is 9.86. The molecule has 0 N–H and O–H groups in total. The summed E-state index contributed by atoms with van der Waals surface area (Å²) in [5.41, 5.74) is 5.88. The molecule has 0 aliphatic rings. The molecule has 1 heteroatoms. The largest absolute Gasteiger partial charge is 0.380 e. The van der Waals surface area contributed by atoms with Crippen LogP contribution in [-0.2, 0) is 15.6 Å². The van der Waals surface area contributed by atoms with E-state index in [1.165, 1.54) is 22.3 Å². The Labute approximate surface area is 167 Å². The van der Waals surface area contributed by atoms with Crippen molar-refractivity contribution in [1.82, 2.24) is 0 Å². The van der Waals surface area contributed by atoms with Crippen LogP contribution in [0, 0.1) is 0 Å². The lowest BCUT2D eigenvalue weighted by molar-refractivity contribution is 0.113. The summed E-state index contributed by atoms with van der Waals surface area (Å²) in [4.78, 5) is 0. The van der Waals surface area contributed by atoms with E-state index in [2.05, 4.69) is 104 Å². The highest BCUT2D eigenvalue weighted by Crippen LogP contribution is 2.26. The Hall–Kier alpha value is -1.60. The maximum atomic E-state index is 6.06. The third-order valence-corrected chi connectivity index (χ3v) is 5.43. The molecular formula is C26H38O. The number of ether oxygens (including phenoxy) is 1. The van der Waals surface area contributed by atoms with Gasteiger partial charge in [-0.1, -0.05) is 104 Å². The molecule has 0 aliphatic carbocycles. The van der Waals surface area contributed by atoms with E-state index in [4.69, 9.17) is 4.74 Å². The molecule has 27 heavy (non-hydrogen) atoms. The molecule has 0 saturated carbocycles. The molecule has 0 fully saturated rings. The first kappa shape index (κ1) is 21.7. The Morgan fingerprint density at radius 1 is 0.593 bits per heavy atom. The van der Waals surface area contributed by atoms with Gasteiger partial charge in [-0.3, -0.25) is 0 Å². The molecule has 0 spiro atoms. The van der Waals surface area contributed by atoms with Crippen molar-refractivity contribution in [2.45, 2.75) is 78.1 Å². The van der Waals surface area contributed by atoms with Crippen LogP contribution in [0.3, 0.4) is 0 Å². The lowest BCUT2D eigenvalue weighted by Gasteiger charge is -2.21. The number of benzene rings is 2. The lowest BCUT2D eigenvalue weighted by Crippen LogP contribution is -2.13. The normalized spacial score (nSPS) is 14.8. The Bertz CT molecular complexity index is 632. The van der Waals surface area contributed by atoms with Gasteiger partial charge in [0.1, 0.15) is 0 Å². The molecule has 2 atom stereocenters. The summed E-state index contributed by atoms with van der Waals surface area (Å²) < 4.78 is 6.06. The van der Waals surface area contributed by atoms with Crippen LogP contribution in [0.5, 0.6) is 0 Å². The second kappa shape index (κ2) is 8.61. The van der Waals surface area contributed by atoms with Crippen molar-refractivity contribution in [3.05, 3.63) is 70.8 Å². The van der Waals surface area contributed by atoms with Gasteiger partial charge in [-0.05, 0) is 33.1 Å². The minimum atomic E-state index is 0.205. The molecular weight excluding hydrogens is 328 g/mol. The highest BCUT2D eigenvalue weighted by atomic mass is 16.5. The van der Waals surface area contributed by atoms with Crippen molar-refractivity contribution in [1.29, 1.82) is 0 Å². The minimum absolute atomic E-state index is 0.205. The van der Waals surface area contributed by atoms with Crippen LogP contribution in [0.2, 0.25) is 0 Å². The molecule has 0 radical (unpaired) electrons. The summed E-state index contributed by atoms with van der Waals surface area (Å²) >= 11 is 0. The predicted octanol–water partition coefficient (Wildman–Crippen LogP) is 7.21. The van der Waals surface area contributed by atoms with E-state index in [0.717, 1.165) is 13.2 Å². The highest BCUT2D eigenvalue weighted by Gasteiger charge is 2.16. The van der Waals surface area contributed by atoms with Crippen molar-refractivity contribution in [2.24, 2.45) is 0 Å². The zero-order chi connectivity index (χ0) is 20.2. The summed E-state index contributed by atoms with van der Waals surface area (Å²) in [6.45, 7) is 19.5. The Morgan fingerprint density at radius 3 is 1.15 bits per heavy atom. The fourth-order valence-corrected chi connectivity index (χ4v) is 3.24. The molecule has 0 amide bonds. The first-order valence-electron chi connectivity index (χ1n) is 10.3. The van der Waals surface area contributed by atoms with Gasteiger partial charge in [0.25, 0.3) is 0 Å². The van der Waals surface area contributed by atoms with Crippen molar-refractivity contribution in [3.8, 4) is 0 Å². The molecule has 2 aromatic rings. The van der Waals surface area contributed by atoms with Crippen molar-refractivity contribution in [3.63, 3.8) is 0 Å². The standard InChI is InChI=1S/C26H38O/c1-19(21-9-13-23(14-10-21)25(3,4)5)17-27-18-20(2)22-11-15-24(16-12-22)26(6,7)8/h9-16,19-20H,17-18H2,1-8H3. The van der Waals surface area contributed by atoms with E-state index in [1.54, 1.807) is 0 Å². The highest BCUT2D eigenvalue weighted by molar-refractivity contribution is 5.30. The molecule has 0 aliphatic heterocycles. The summed E-state index contributed by atoms with van der Waals surface area (Å²) in [6, 6.07) is 18.0. The SMILES string of the molecule is CC(COCC(C)c1ccc(C(C)(C)C)cc1)c1ccc(C(C)(C)C)cc1. The van der Waals surface area contributed by atoms with Gasteiger partial charge in [0, 0.05) is 11.8 Å². The summed E-state index contributed by atoms with van der Waals surface area (Å²) in [6.07, 6.45) is 0. The third kappa shape index (κ3) is 6.21. The van der Waals surface area contributed by atoms with Gasteiger partial charge >= 0.3 is 0 Å². The smallest absolute Gasteiger partial charge is 0.0532 e. The summed E-state index contributed by atoms with van der Waals surface area (Å²) in [7, 11) is 0. The van der Waals surface area contributed by atoms with Crippen LogP contribution in [0.4, 0.5) is 0 Å². The molecule has 2 aromatic carbocycles. The Morgan fingerprint density at radius 2 is 0.889 bits per heavy atom. The number of rotatable bonds is 6. The molecule has 2 unspecified atom stereocenters. The van der Waals surface area contributed by atoms with E-state index in [-0.39, 0.29) is 10.8 Å². The maximum absolute atomic E-state index is 6.06. The first-order valence-corrected chi connectivity index (χ1v) is 10.3. The van der Waals surface area contributed by atoms with Gasteiger partial charge in [0.15, 0.2) is 0 Å². The monoisotopic (exact) mass is 366 g/mol. The van der Waals surface area contributed by atoms with Gasteiger partial charge < -0.3 is 4.74 Å². The molecule has 0 bridgehead atoms. The molecule has 0 saturated heterocycles. The fraction of sp³-hybridized carbons (Fsp3) is 0.538. The van der Waals surface area contributed by atoms with E-state index >= 15 is 0 Å². The van der Waals surface area contributed by atoms with Crippen LogP contribution in [0.25, 0.3) is 0 Å². The topological polar surface area (TPSA) is 9.23 Å². The molecule has 148 valence electrons. The first-order chi connectivity index (χ1) is 12.5. The van der Waals surface area contributed by atoms with Crippen molar-refractivity contribution >= 4 is 0 Å². The third-order valence-electron chi connectivity index (χ3n) is 5.43. The van der Waals surface area contributed by atoms with E-state index in [1.807, 2.05) is 0 Å². The van der Waals surface area contributed by atoms with Gasteiger partial charge in [-0.15, -0.1) is 0 Å². The average molecular weight is 367 g/mol. The number of hydrogen-bond acceptors (Lipinski definition) is 1. The van der Waals surface area contributed by atoms with E-state index < -0.39 is 0 Å². The summed E-state index contributed by atoms with van der Waals surface area (Å²) in [5, 5.41) is 0. The Kier molecular flexibility index (Phi) is 6.92. The van der Waals surface area contributed by atoms with Gasteiger partial charge in [0.2, 0.25) is 0 Å². The van der Waals surface area contributed by atoms with Crippen molar-refractivity contribution in [2.75, 3.05) is 13.2 Å². The molecule has 1 nitrogen and oxygen atoms in total. The van der Waals surface area contributed by atoms with Crippen molar-refractivity contribution < 1.29 is 4.74 Å². The van der Waals surface area contributed by atoms with Crippen LogP contribution in [-0.4, -0.2) is 13.2 Å². The second-order valence-electron chi connectivity index (χ2n) is 10.1. The maximum Gasteiger partial charge on any atom is 0.0532 e. The van der Waals surface area contributed by atoms with E-state index in [9.17, 15) is 0 Å². The second-order valence-corrected chi connectivity index (χ2v) is 10.1. The predicted molar refractivity (Wildman–Crippen MR) is 118 cm³/mol. The van der Waals surface area contributed by atoms with Crippen LogP contribution < -0.4 is 0 Å². The minimum Gasteiger partial charge on any atom is -0.380 e. The quantitative estimate of drug-likeness (QED) is 0.525. The van der Waals surface area contributed by atoms with Crippen LogP contribution in [0.15, 0.2) is 48.5 Å². The molecule has 2 rings (SSSR count). The Balaban J connectivity index is 1.86. The average Bonchev–Trinajstić information content (AvgIpc) is 2.60. The van der Waals surface area contributed by atoms with Gasteiger partial charge in [-0.25, -0.2) is 0 Å². The fourth-order valence-electron chi connectivity index (χ4n) is 3.24. The van der Waals surface area contributed by atoms with Gasteiger partial charge in [0.05, 0.1) is 13.2 Å². The molecule has 0 heterocycles. The zero-order valence-electron chi connectivity index (χ0n) is 18.6. The van der Waals surface area contributed by atoms with Crippen LogP contribution >= 0.6 is 0 Å². The zero-order valence-corrected chi connectivity index (χ0v) is 18.6.